The molecule has 0 radical (unpaired) electrons. The van der Waals surface area contributed by atoms with Crippen LogP contribution in [-0.4, -0.2) is 16.6 Å². The smallest absolute Gasteiger partial charge is 0.269 e. The number of carbonyl (C=O) groups is 2. The lowest BCUT2D eigenvalue weighted by molar-refractivity contribution is -0.384. The number of amides is 1. The maximum atomic E-state index is 14.6. The molecular formula is C23H20F2N2O4. The average molecular weight is 426 g/mol. The minimum absolute atomic E-state index is 0.0912. The number of halogens is 2. The molecule has 2 aliphatic rings. The van der Waals surface area contributed by atoms with Crippen LogP contribution in [0.15, 0.2) is 53.7 Å². The molecule has 1 heterocycles. The van der Waals surface area contributed by atoms with Crippen molar-refractivity contribution in [2.24, 2.45) is 5.41 Å². The third-order valence-electron chi connectivity index (χ3n) is 5.80. The van der Waals surface area contributed by atoms with Crippen molar-refractivity contribution in [3.05, 3.63) is 81.0 Å². The fraction of sp³-hybridized carbons (Fsp3) is 0.304. The molecule has 6 nitrogen and oxygen atoms in total. The molecule has 1 atom stereocenters. The molecule has 4 rings (SSSR count). The number of hydrogen-bond donors (Lipinski definition) is 0. The van der Waals surface area contributed by atoms with Crippen LogP contribution in [-0.2, 0) is 9.59 Å². The molecule has 0 bridgehead atoms. The number of nitro benzene ring substituents is 1. The number of anilines is 1. The van der Waals surface area contributed by atoms with Crippen LogP contribution in [0.2, 0.25) is 0 Å². The normalized spacial score (nSPS) is 20.6. The Morgan fingerprint density at radius 2 is 1.74 bits per heavy atom. The number of allylic oxidation sites excluding steroid dienone is 2. The molecule has 1 aliphatic carbocycles. The van der Waals surface area contributed by atoms with Crippen molar-refractivity contribution in [3.8, 4) is 0 Å². The molecule has 160 valence electrons. The van der Waals surface area contributed by atoms with Crippen molar-refractivity contribution in [1.82, 2.24) is 0 Å². The van der Waals surface area contributed by atoms with Crippen LogP contribution < -0.4 is 4.90 Å². The third-order valence-corrected chi connectivity index (χ3v) is 5.80. The van der Waals surface area contributed by atoms with Gasteiger partial charge in [0.15, 0.2) is 5.78 Å². The van der Waals surface area contributed by atoms with E-state index in [0.29, 0.717) is 29.3 Å². The minimum atomic E-state index is -0.884. The van der Waals surface area contributed by atoms with Gasteiger partial charge in [0.25, 0.3) is 5.69 Å². The highest BCUT2D eigenvalue weighted by atomic mass is 19.1. The van der Waals surface area contributed by atoms with Crippen molar-refractivity contribution in [3.63, 3.8) is 0 Å². The van der Waals surface area contributed by atoms with E-state index in [1.54, 1.807) is 12.1 Å². The number of nitro groups is 1. The molecule has 0 N–H and O–H groups in total. The van der Waals surface area contributed by atoms with Gasteiger partial charge >= 0.3 is 0 Å². The van der Waals surface area contributed by atoms with E-state index in [2.05, 4.69) is 0 Å². The maximum absolute atomic E-state index is 14.6. The van der Waals surface area contributed by atoms with Crippen LogP contribution >= 0.6 is 0 Å². The van der Waals surface area contributed by atoms with Crippen LogP contribution in [0.25, 0.3) is 0 Å². The molecule has 1 aliphatic heterocycles. The second-order valence-corrected chi connectivity index (χ2v) is 8.73. The van der Waals surface area contributed by atoms with E-state index in [1.807, 2.05) is 13.8 Å². The van der Waals surface area contributed by atoms with Crippen molar-refractivity contribution in [2.75, 3.05) is 4.90 Å². The van der Waals surface area contributed by atoms with Gasteiger partial charge in [-0.25, -0.2) is 8.78 Å². The summed E-state index contributed by atoms with van der Waals surface area (Å²) >= 11 is 0. The van der Waals surface area contributed by atoms with Gasteiger partial charge < -0.3 is 0 Å². The minimum Gasteiger partial charge on any atom is -0.294 e. The Morgan fingerprint density at radius 1 is 1.06 bits per heavy atom. The van der Waals surface area contributed by atoms with Crippen LogP contribution in [0.4, 0.5) is 20.2 Å². The molecular weight excluding hydrogens is 406 g/mol. The lowest BCUT2D eigenvalue weighted by atomic mass is 9.69. The van der Waals surface area contributed by atoms with Gasteiger partial charge in [-0.1, -0.05) is 26.0 Å². The number of Topliss-reactive ketones (excluding diaryl/α,β-unsaturated/α-hetero) is 1. The van der Waals surface area contributed by atoms with E-state index >= 15 is 0 Å². The van der Waals surface area contributed by atoms with Gasteiger partial charge in [-0.05, 0) is 29.5 Å². The number of ketones is 1. The maximum Gasteiger partial charge on any atom is 0.269 e. The standard InChI is InChI=1S/C23H20F2N2O4/c1-23(2)11-19-22(20(28)12-23)16(13-3-6-15(7-4-13)27(30)31)10-21(29)26(19)18-8-5-14(24)9-17(18)25/h3-9,16H,10-12H2,1-2H3/t16-/m0/s1. The summed E-state index contributed by atoms with van der Waals surface area (Å²) in [6, 6.07) is 8.74. The first-order chi connectivity index (χ1) is 14.6. The lowest BCUT2D eigenvalue weighted by Gasteiger charge is -2.43. The van der Waals surface area contributed by atoms with Gasteiger partial charge in [-0.3, -0.25) is 24.6 Å². The Hall–Kier alpha value is -3.42. The molecule has 0 saturated heterocycles. The number of carbonyl (C=O) groups excluding carboxylic acids is 2. The van der Waals surface area contributed by atoms with Crippen molar-refractivity contribution in [2.45, 2.75) is 39.0 Å². The van der Waals surface area contributed by atoms with Crippen LogP contribution in [0.1, 0.15) is 44.6 Å². The summed E-state index contributed by atoms with van der Waals surface area (Å²) in [4.78, 5) is 38.0. The topological polar surface area (TPSA) is 80.5 Å². The molecule has 31 heavy (non-hydrogen) atoms. The second kappa shape index (κ2) is 7.37. The predicted molar refractivity (Wildman–Crippen MR) is 109 cm³/mol. The zero-order chi connectivity index (χ0) is 22.5. The molecule has 8 heteroatoms. The van der Waals surface area contributed by atoms with E-state index in [4.69, 9.17) is 0 Å². The Bertz CT molecular complexity index is 1140. The molecule has 0 spiro atoms. The first-order valence-electron chi connectivity index (χ1n) is 9.86. The number of non-ortho nitro benzene ring substituents is 1. The van der Waals surface area contributed by atoms with Gasteiger partial charge in [0.05, 0.1) is 10.6 Å². The molecule has 0 aromatic heterocycles. The number of nitrogens with zero attached hydrogens (tertiary/aromatic N) is 2. The first kappa shape index (κ1) is 20.8. The predicted octanol–water partition coefficient (Wildman–Crippen LogP) is 5.04. The molecule has 2 aromatic carbocycles. The molecule has 0 fully saturated rings. The number of hydrogen-bond acceptors (Lipinski definition) is 4. The van der Waals surface area contributed by atoms with Crippen molar-refractivity contribution >= 4 is 23.1 Å². The third kappa shape index (κ3) is 3.73. The highest BCUT2D eigenvalue weighted by Gasteiger charge is 2.44. The van der Waals surface area contributed by atoms with Gasteiger partial charge in [0.1, 0.15) is 11.6 Å². The Balaban J connectivity index is 1.88. The van der Waals surface area contributed by atoms with Gasteiger partial charge in [-0.15, -0.1) is 0 Å². The molecule has 0 saturated carbocycles. The summed E-state index contributed by atoms with van der Waals surface area (Å²) in [5.41, 5.74) is 0.807. The Morgan fingerprint density at radius 3 is 2.35 bits per heavy atom. The van der Waals surface area contributed by atoms with E-state index < -0.39 is 33.8 Å². The van der Waals surface area contributed by atoms with Gasteiger partial charge in [0, 0.05) is 48.2 Å². The lowest BCUT2D eigenvalue weighted by Crippen LogP contribution is -2.44. The Kier molecular flexibility index (Phi) is 4.95. The van der Waals surface area contributed by atoms with Gasteiger partial charge in [0.2, 0.25) is 5.91 Å². The summed E-state index contributed by atoms with van der Waals surface area (Å²) in [5, 5.41) is 11.0. The summed E-state index contributed by atoms with van der Waals surface area (Å²) in [6.45, 7) is 3.79. The summed E-state index contributed by atoms with van der Waals surface area (Å²) < 4.78 is 28.0. The SMILES string of the molecule is CC1(C)CC(=O)C2=C(C1)N(c1ccc(F)cc1F)C(=O)C[C@H]2c1ccc([N+](=O)[O-])cc1. The zero-order valence-corrected chi connectivity index (χ0v) is 17.0. The second-order valence-electron chi connectivity index (χ2n) is 8.73. The van der Waals surface area contributed by atoms with Crippen LogP contribution in [0.5, 0.6) is 0 Å². The van der Waals surface area contributed by atoms with E-state index in [1.165, 1.54) is 23.1 Å². The van der Waals surface area contributed by atoms with E-state index in [9.17, 15) is 28.5 Å². The highest BCUT2D eigenvalue weighted by molar-refractivity contribution is 6.07. The van der Waals surface area contributed by atoms with Crippen molar-refractivity contribution in [1.29, 1.82) is 0 Å². The molecule has 1 amide bonds. The van der Waals surface area contributed by atoms with Crippen LogP contribution in [0.3, 0.4) is 0 Å². The first-order valence-corrected chi connectivity index (χ1v) is 9.86. The average Bonchev–Trinajstić information content (AvgIpc) is 2.67. The molecule has 2 aromatic rings. The summed E-state index contributed by atoms with van der Waals surface area (Å²) in [5.74, 6) is -2.78. The fourth-order valence-electron chi connectivity index (χ4n) is 4.47. The summed E-state index contributed by atoms with van der Waals surface area (Å²) in [7, 11) is 0. The van der Waals surface area contributed by atoms with E-state index in [-0.39, 0.29) is 30.0 Å². The fourth-order valence-corrected chi connectivity index (χ4v) is 4.47. The van der Waals surface area contributed by atoms with E-state index in [0.717, 1.165) is 6.07 Å². The zero-order valence-electron chi connectivity index (χ0n) is 17.0. The number of benzene rings is 2. The quantitative estimate of drug-likeness (QED) is 0.509. The van der Waals surface area contributed by atoms with Crippen LogP contribution in [0, 0.1) is 27.2 Å². The monoisotopic (exact) mass is 426 g/mol. The highest BCUT2D eigenvalue weighted by Crippen LogP contribution is 2.48. The van der Waals surface area contributed by atoms with Crippen molar-refractivity contribution < 1.29 is 23.3 Å². The Labute approximate surface area is 177 Å². The van der Waals surface area contributed by atoms with Gasteiger partial charge in [-0.2, -0.15) is 0 Å². The summed E-state index contributed by atoms with van der Waals surface area (Å²) in [6.07, 6.45) is 0.531. The largest absolute Gasteiger partial charge is 0.294 e. The number of rotatable bonds is 3. The molecule has 0 unspecified atom stereocenters.